The van der Waals surface area contributed by atoms with E-state index < -0.39 is 23.1 Å². The van der Waals surface area contributed by atoms with E-state index in [4.69, 9.17) is 9.47 Å². The second-order valence-electron chi connectivity index (χ2n) is 11.9. The molecule has 2 saturated heterocycles. The minimum Gasteiger partial charge on any atom is -0.462 e. The summed E-state index contributed by atoms with van der Waals surface area (Å²) in [5.74, 6) is 0.941. The molecule has 1 aromatic rings. The molecule has 1 amide bonds. The van der Waals surface area contributed by atoms with Crippen molar-refractivity contribution in [3.8, 4) is 0 Å². The van der Waals surface area contributed by atoms with Crippen LogP contribution in [0.25, 0.3) is 6.08 Å². The van der Waals surface area contributed by atoms with Gasteiger partial charge in [-0.1, -0.05) is 32.3 Å². The Labute approximate surface area is 219 Å². The largest absolute Gasteiger partial charge is 0.462 e. The van der Waals surface area contributed by atoms with Crippen LogP contribution in [0.4, 0.5) is 4.39 Å². The zero-order valence-corrected chi connectivity index (χ0v) is 22.1. The second-order valence-corrected chi connectivity index (χ2v) is 11.9. The number of rotatable bonds is 4. The van der Waals surface area contributed by atoms with Crippen molar-refractivity contribution in [3.63, 3.8) is 0 Å². The number of pyridine rings is 1. The van der Waals surface area contributed by atoms with Crippen molar-refractivity contribution in [3.05, 3.63) is 47.9 Å². The first-order valence-electron chi connectivity index (χ1n) is 13.9. The molecule has 0 radical (unpaired) electrons. The predicted molar refractivity (Wildman–Crippen MR) is 139 cm³/mol. The van der Waals surface area contributed by atoms with Crippen molar-refractivity contribution in [1.82, 2.24) is 10.3 Å². The molecule has 6 nitrogen and oxygen atoms in total. The van der Waals surface area contributed by atoms with Crippen molar-refractivity contribution in [2.75, 3.05) is 0 Å². The van der Waals surface area contributed by atoms with Crippen LogP contribution in [0.15, 0.2) is 42.2 Å². The predicted octanol–water partition coefficient (Wildman–Crippen LogP) is 6.18. The first-order chi connectivity index (χ1) is 17.7. The van der Waals surface area contributed by atoms with Crippen LogP contribution in [0.3, 0.4) is 0 Å². The van der Waals surface area contributed by atoms with Crippen LogP contribution in [-0.2, 0) is 19.1 Å². The van der Waals surface area contributed by atoms with Crippen LogP contribution in [0.1, 0.15) is 96.6 Å². The maximum Gasteiger partial charge on any atom is 0.220 e. The fourth-order valence-electron chi connectivity index (χ4n) is 6.36. The zero-order chi connectivity index (χ0) is 26.1. The summed E-state index contributed by atoms with van der Waals surface area (Å²) < 4.78 is 27.5. The van der Waals surface area contributed by atoms with Crippen molar-refractivity contribution in [2.45, 2.75) is 108 Å². The summed E-state index contributed by atoms with van der Waals surface area (Å²) >= 11 is 0. The smallest absolute Gasteiger partial charge is 0.220 e. The molecule has 4 atom stereocenters. The fourth-order valence-corrected chi connectivity index (χ4v) is 6.36. The van der Waals surface area contributed by atoms with E-state index in [-0.39, 0.29) is 17.7 Å². The van der Waals surface area contributed by atoms with Gasteiger partial charge in [0.15, 0.2) is 0 Å². The quantitative estimate of drug-likeness (QED) is 0.489. The Balaban J connectivity index is 1.40. The molecule has 3 aliphatic heterocycles. The van der Waals surface area contributed by atoms with E-state index in [2.05, 4.69) is 24.1 Å². The summed E-state index contributed by atoms with van der Waals surface area (Å²) in [7, 11) is 0. The van der Waals surface area contributed by atoms with Crippen LogP contribution < -0.4 is 5.32 Å². The molecular weight excluding hydrogens is 471 g/mol. The highest BCUT2D eigenvalue weighted by Gasteiger charge is 2.67. The maximum absolute atomic E-state index is 15.8. The van der Waals surface area contributed by atoms with E-state index in [0.29, 0.717) is 43.1 Å². The fraction of sp³-hybridized carbons (Fsp3) is 0.633. The molecular formula is C30H39FN2O4. The number of nitrogens with zero attached hydrogens (tertiary/aromatic N) is 1. The Morgan fingerprint density at radius 3 is 2.65 bits per heavy atom. The van der Waals surface area contributed by atoms with E-state index in [1.54, 1.807) is 30.7 Å². The third kappa shape index (κ3) is 5.82. The van der Waals surface area contributed by atoms with Crippen LogP contribution in [0.5, 0.6) is 0 Å². The van der Waals surface area contributed by atoms with E-state index >= 15 is 4.39 Å². The number of ether oxygens (including phenoxy) is 2. The van der Waals surface area contributed by atoms with Gasteiger partial charge in [0.2, 0.25) is 5.91 Å². The van der Waals surface area contributed by atoms with E-state index in [1.165, 1.54) is 6.08 Å². The standard InChI is InChI=1S/C30H39FN2O4/c1-21-7-5-12-28(2)30(37-28,18-23-20-36-23)19-25(24(31)17-22-8-3-4-16-32-22)33-27(35)11-15-29(13-6-14-29)26(34)10-9-21/h3-4,8,16-17,20-21,25H,5-7,9-15,18-19H2,1-2H3,(H,33,35)/b24-17-. The highest BCUT2D eigenvalue weighted by molar-refractivity contribution is 5.86. The van der Waals surface area contributed by atoms with Gasteiger partial charge in [-0.25, -0.2) is 4.39 Å². The Bertz CT molecular complexity index is 1080. The highest BCUT2D eigenvalue weighted by atomic mass is 19.1. The van der Waals surface area contributed by atoms with Gasteiger partial charge in [-0.3, -0.25) is 14.6 Å². The topological polar surface area (TPSA) is 84.1 Å². The molecule has 1 spiro atoms. The van der Waals surface area contributed by atoms with Gasteiger partial charge < -0.3 is 14.8 Å². The monoisotopic (exact) mass is 510 g/mol. The number of Topliss-reactive ketones (excluding diaryl/α,β-unsaturated/α-hetero) is 1. The Kier molecular flexibility index (Phi) is 7.27. The summed E-state index contributed by atoms with van der Waals surface area (Å²) in [6.07, 6.45) is 13.4. The van der Waals surface area contributed by atoms with Gasteiger partial charge >= 0.3 is 0 Å². The first kappa shape index (κ1) is 26.1. The maximum atomic E-state index is 15.8. The SMILES string of the molecule is CC1CCCC2(C)OC2(CC2=CO2)CC(/C(F)=C/c2ccccn2)NC(=O)CCC2(CCC2)C(=O)CC1. The van der Waals surface area contributed by atoms with Gasteiger partial charge in [0, 0.05) is 37.3 Å². The third-order valence-corrected chi connectivity index (χ3v) is 9.21. The molecule has 0 bridgehead atoms. The molecule has 1 aromatic heterocycles. The van der Waals surface area contributed by atoms with Crippen LogP contribution in [-0.4, -0.2) is 33.9 Å². The first-order valence-corrected chi connectivity index (χ1v) is 13.9. The zero-order valence-electron chi connectivity index (χ0n) is 22.1. The summed E-state index contributed by atoms with van der Waals surface area (Å²) in [6, 6.07) is 4.47. The van der Waals surface area contributed by atoms with Gasteiger partial charge in [-0.15, -0.1) is 0 Å². The lowest BCUT2D eigenvalue weighted by molar-refractivity contribution is -0.135. The average molecular weight is 511 g/mol. The van der Waals surface area contributed by atoms with Crippen LogP contribution >= 0.6 is 0 Å². The molecule has 4 aliphatic rings. The van der Waals surface area contributed by atoms with Crippen molar-refractivity contribution >= 4 is 17.8 Å². The normalized spacial score (nSPS) is 34.5. The molecule has 5 rings (SSSR count). The number of halogens is 1. The van der Waals surface area contributed by atoms with E-state index in [9.17, 15) is 9.59 Å². The molecule has 7 heteroatoms. The number of hydrogen-bond acceptors (Lipinski definition) is 5. The van der Waals surface area contributed by atoms with Crippen molar-refractivity contribution in [2.24, 2.45) is 11.3 Å². The average Bonchev–Trinajstić information content (AvgIpc) is 3.75. The Hall–Kier alpha value is -2.54. The molecule has 37 heavy (non-hydrogen) atoms. The number of carbonyl (C=O) groups excluding carboxylic acids is 2. The van der Waals surface area contributed by atoms with Crippen LogP contribution in [0, 0.1) is 11.3 Å². The molecule has 3 fully saturated rings. The van der Waals surface area contributed by atoms with Crippen LogP contribution in [0.2, 0.25) is 0 Å². The van der Waals surface area contributed by atoms with Gasteiger partial charge in [0.1, 0.15) is 29.2 Å². The number of fused-ring (bicyclic) bond motifs is 1. The number of nitrogens with one attached hydrogen (secondary N) is 1. The molecule has 1 aliphatic carbocycles. The highest BCUT2D eigenvalue weighted by Crippen LogP contribution is 2.59. The number of ketones is 1. The molecule has 1 saturated carbocycles. The lowest BCUT2D eigenvalue weighted by Gasteiger charge is -2.41. The van der Waals surface area contributed by atoms with Gasteiger partial charge in [0.25, 0.3) is 0 Å². The number of epoxide rings is 1. The minimum absolute atomic E-state index is 0.216. The van der Waals surface area contributed by atoms with Crippen molar-refractivity contribution < 1.29 is 23.5 Å². The molecule has 0 aromatic carbocycles. The summed E-state index contributed by atoms with van der Waals surface area (Å²) in [5, 5.41) is 2.96. The van der Waals surface area contributed by atoms with Gasteiger partial charge in [-0.2, -0.15) is 0 Å². The number of carbonyl (C=O) groups is 2. The van der Waals surface area contributed by atoms with Gasteiger partial charge in [0.05, 0.1) is 17.3 Å². The molecule has 4 heterocycles. The minimum atomic E-state index is -0.851. The third-order valence-electron chi connectivity index (χ3n) is 9.21. The Morgan fingerprint density at radius 2 is 1.97 bits per heavy atom. The summed E-state index contributed by atoms with van der Waals surface area (Å²) in [5.41, 5.74) is -0.901. The summed E-state index contributed by atoms with van der Waals surface area (Å²) in [4.78, 5) is 30.5. The number of hydrogen-bond donors (Lipinski definition) is 1. The molecule has 1 N–H and O–H groups in total. The van der Waals surface area contributed by atoms with Gasteiger partial charge in [-0.05, 0) is 63.2 Å². The lowest BCUT2D eigenvalue weighted by atomic mass is 9.62. The Morgan fingerprint density at radius 1 is 1.16 bits per heavy atom. The number of amides is 1. The molecule has 200 valence electrons. The summed E-state index contributed by atoms with van der Waals surface area (Å²) in [6.45, 7) is 4.31. The van der Waals surface area contributed by atoms with Crippen molar-refractivity contribution in [1.29, 1.82) is 0 Å². The lowest BCUT2D eigenvalue weighted by Crippen LogP contribution is -2.43. The second kappa shape index (κ2) is 10.3. The number of aromatic nitrogens is 1. The molecule has 4 unspecified atom stereocenters. The van der Waals surface area contributed by atoms with E-state index in [1.807, 2.05) is 0 Å². The van der Waals surface area contributed by atoms with E-state index in [0.717, 1.165) is 50.7 Å².